The average molecular weight is 295 g/mol. The summed E-state index contributed by atoms with van der Waals surface area (Å²) >= 11 is 0. The van der Waals surface area contributed by atoms with Gasteiger partial charge in [-0.15, -0.1) is 0 Å². The molecule has 1 aromatic carbocycles. The van der Waals surface area contributed by atoms with Gasteiger partial charge in [-0.05, 0) is 42.4 Å². The van der Waals surface area contributed by atoms with Crippen molar-refractivity contribution in [2.24, 2.45) is 11.8 Å². The Labute approximate surface area is 129 Å². The van der Waals surface area contributed by atoms with Gasteiger partial charge in [0, 0.05) is 19.6 Å². The summed E-state index contributed by atoms with van der Waals surface area (Å²) in [6, 6.07) is 5.00. The summed E-state index contributed by atoms with van der Waals surface area (Å²) in [7, 11) is 0. The minimum Gasteiger partial charge on any atom is -0.388 e. The van der Waals surface area contributed by atoms with Gasteiger partial charge < -0.3 is 10.0 Å². The van der Waals surface area contributed by atoms with E-state index in [1.54, 1.807) is 13.0 Å². The van der Waals surface area contributed by atoms with E-state index >= 15 is 0 Å². The molecule has 0 saturated heterocycles. The van der Waals surface area contributed by atoms with Crippen LogP contribution >= 0.6 is 0 Å². The summed E-state index contributed by atoms with van der Waals surface area (Å²) in [5.74, 6) is 0.975. The maximum atomic E-state index is 13.6. The molecular formula is C18H30FNO. The van der Waals surface area contributed by atoms with Gasteiger partial charge in [-0.3, -0.25) is 0 Å². The molecule has 0 amide bonds. The Hall–Kier alpha value is -0.930. The predicted molar refractivity (Wildman–Crippen MR) is 86.8 cm³/mol. The zero-order valence-corrected chi connectivity index (χ0v) is 14.1. The Balaban J connectivity index is 2.59. The highest BCUT2D eigenvalue weighted by atomic mass is 19.1. The zero-order valence-electron chi connectivity index (χ0n) is 14.1. The van der Waals surface area contributed by atoms with Crippen LogP contribution in [0.1, 0.15) is 51.3 Å². The minimum absolute atomic E-state index is 0.243. The Morgan fingerprint density at radius 2 is 1.67 bits per heavy atom. The second-order valence-corrected chi connectivity index (χ2v) is 6.86. The molecule has 0 aliphatic heterocycles. The lowest BCUT2D eigenvalue weighted by atomic mass is 10.0. The first-order valence-corrected chi connectivity index (χ1v) is 7.96. The molecule has 120 valence electrons. The number of rotatable bonds is 8. The van der Waals surface area contributed by atoms with Crippen molar-refractivity contribution in [2.45, 2.75) is 47.1 Å². The van der Waals surface area contributed by atoms with E-state index in [1.807, 2.05) is 6.07 Å². The van der Waals surface area contributed by atoms with Crippen molar-refractivity contribution in [3.8, 4) is 0 Å². The second kappa shape index (κ2) is 8.50. The van der Waals surface area contributed by atoms with Crippen LogP contribution in [-0.2, 0) is 0 Å². The van der Waals surface area contributed by atoms with Gasteiger partial charge >= 0.3 is 0 Å². The number of aliphatic hydroxyl groups is 1. The van der Waals surface area contributed by atoms with Crippen molar-refractivity contribution < 1.29 is 9.50 Å². The summed E-state index contributed by atoms with van der Waals surface area (Å²) < 4.78 is 13.6. The van der Waals surface area contributed by atoms with E-state index in [0.29, 0.717) is 29.4 Å². The fourth-order valence-corrected chi connectivity index (χ4v) is 2.58. The van der Waals surface area contributed by atoms with Gasteiger partial charge in [-0.1, -0.05) is 39.8 Å². The number of hydrogen-bond acceptors (Lipinski definition) is 2. The standard InChI is InChI=1S/C18H30FNO/c1-13(2)11-20(12-14(3)4)9-8-18(21)16-7-6-15(5)17(19)10-16/h6-7,10,13-14,18,21H,8-9,11-12H2,1-5H3. The van der Waals surface area contributed by atoms with Gasteiger partial charge in [-0.2, -0.15) is 0 Å². The monoisotopic (exact) mass is 295 g/mol. The summed E-state index contributed by atoms with van der Waals surface area (Å²) in [6.07, 6.45) is 0.0454. The summed E-state index contributed by atoms with van der Waals surface area (Å²) in [5, 5.41) is 10.3. The first kappa shape index (κ1) is 18.1. The van der Waals surface area contributed by atoms with E-state index in [2.05, 4.69) is 32.6 Å². The molecule has 1 unspecified atom stereocenters. The predicted octanol–water partition coefficient (Wildman–Crippen LogP) is 4.17. The number of aryl methyl sites for hydroxylation is 1. The Kier molecular flexibility index (Phi) is 7.33. The second-order valence-electron chi connectivity index (χ2n) is 6.86. The van der Waals surface area contributed by atoms with Crippen LogP contribution in [0.25, 0.3) is 0 Å². The molecule has 3 heteroatoms. The van der Waals surface area contributed by atoms with Crippen LogP contribution in [0.15, 0.2) is 18.2 Å². The Morgan fingerprint density at radius 3 is 2.14 bits per heavy atom. The molecule has 0 saturated carbocycles. The van der Waals surface area contributed by atoms with Crippen molar-refractivity contribution in [3.63, 3.8) is 0 Å². The summed E-state index contributed by atoms with van der Waals surface area (Å²) in [4.78, 5) is 2.39. The van der Waals surface area contributed by atoms with E-state index in [4.69, 9.17) is 0 Å². The lowest BCUT2D eigenvalue weighted by molar-refractivity contribution is 0.131. The summed E-state index contributed by atoms with van der Waals surface area (Å²) in [5.41, 5.74) is 1.29. The number of halogens is 1. The molecule has 0 aliphatic carbocycles. The third kappa shape index (κ3) is 6.58. The molecule has 1 N–H and O–H groups in total. The fourth-order valence-electron chi connectivity index (χ4n) is 2.58. The van der Waals surface area contributed by atoms with Gasteiger partial charge in [0.25, 0.3) is 0 Å². The normalized spacial score (nSPS) is 13.4. The maximum absolute atomic E-state index is 13.6. The van der Waals surface area contributed by atoms with Gasteiger partial charge in [-0.25, -0.2) is 4.39 Å². The lowest BCUT2D eigenvalue weighted by Crippen LogP contribution is -2.33. The summed E-state index contributed by atoms with van der Waals surface area (Å²) in [6.45, 7) is 13.5. The smallest absolute Gasteiger partial charge is 0.126 e. The van der Waals surface area contributed by atoms with E-state index in [-0.39, 0.29) is 5.82 Å². The Morgan fingerprint density at radius 1 is 1.10 bits per heavy atom. The molecule has 0 bridgehead atoms. The molecule has 0 spiro atoms. The molecule has 1 rings (SSSR count). The highest BCUT2D eigenvalue weighted by molar-refractivity contribution is 5.24. The quantitative estimate of drug-likeness (QED) is 0.778. The van der Waals surface area contributed by atoms with Crippen molar-refractivity contribution in [3.05, 3.63) is 35.1 Å². The molecule has 1 aromatic rings. The fraction of sp³-hybridized carbons (Fsp3) is 0.667. The number of aliphatic hydroxyl groups excluding tert-OH is 1. The Bertz CT molecular complexity index is 421. The van der Waals surface area contributed by atoms with Crippen LogP contribution in [-0.4, -0.2) is 29.6 Å². The van der Waals surface area contributed by atoms with Crippen LogP contribution in [0.4, 0.5) is 4.39 Å². The minimum atomic E-state index is -0.595. The van der Waals surface area contributed by atoms with Gasteiger partial charge in [0.2, 0.25) is 0 Å². The molecule has 0 radical (unpaired) electrons. The molecule has 0 fully saturated rings. The van der Waals surface area contributed by atoms with Crippen molar-refractivity contribution in [1.82, 2.24) is 4.90 Å². The van der Waals surface area contributed by atoms with Crippen molar-refractivity contribution in [1.29, 1.82) is 0 Å². The lowest BCUT2D eigenvalue weighted by Gasteiger charge is -2.27. The first-order chi connectivity index (χ1) is 9.79. The van der Waals surface area contributed by atoms with Crippen LogP contribution < -0.4 is 0 Å². The highest BCUT2D eigenvalue weighted by Crippen LogP contribution is 2.20. The topological polar surface area (TPSA) is 23.5 Å². The van der Waals surface area contributed by atoms with Crippen LogP contribution in [0, 0.1) is 24.6 Å². The highest BCUT2D eigenvalue weighted by Gasteiger charge is 2.14. The molecule has 21 heavy (non-hydrogen) atoms. The van der Waals surface area contributed by atoms with E-state index < -0.39 is 6.10 Å². The largest absolute Gasteiger partial charge is 0.388 e. The molecule has 0 aromatic heterocycles. The van der Waals surface area contributed by atoms with E-state index in [9.17, 15) is 9.50 Å². The molecule has 2 nitrogen and oxygen atoms in total. The molecule has 0 aliphatic rings. The SMILES string of the molecule is Cc1ccc(C(O)CCN(CC(C)C)CC(C)C)cc1F. The van der Waals surface area contributed by atoms with E-state index in [0.717, 1.165) is 19.6 Å². The average Bonchev–Trinajstić information content (AvgIpc) is 2.37. The molecule has 0 heterocycles. The molecule has 1 atom stereocenters. The third-order valence-corrected chi connectivity index (χ3v) is 3.55. The van der Waals surface area contributed by atoms with Gasteiger partial charge in [0.05, 0.1) is 6.10 Å². The van der Waals surface area contributed by atoms with Gasteiger partial charge in [0.1, 0.15) is 5.82 Å². The number of benzene rings is 1. The maximum Gasteiger partial charge on any atom is 0.126 e. The van der Waals surface area contributed by atoms with Crippen LogP contribution in [0.2, 0.25) is 0 Å². The molecular weight excluding hydrogens is 265 g/mol. The third-order valence-electron chi connectivity index (χ3n) is 3.55. The van der Waals surface area contributed by atoms with Crippen LogP contribution in [0.5, 0.6) is 0 Å². The van der Waals surface area contributed by atoms with Gasteiger partial charge in [0.15, 0.2) is 0 Å². The van der Waals surface area contributed by atoms with E-state index in [1.165, 1.54) is 6.07 Å². The first-order valence-electron chi connectivity index (χ1n) is 7.96. The zero-order chi connectivity index (χ0) is 16.0. The number of nitrogens with zero attached hydrogens (tertiary/aromatic N) is 1. The number of hydrogen-bond donors (Lipinski definition) is 1. The van der Waals surface area contributed by atoms with Crippen molar-refractivity contribution in [2.75, 3.05) is 19.6 Å². The van der Waals surface area contributed by atoms with Crippen molar-refractivity contribution >= 4 is 0 Å². The van der Waals surface area contributed by atoms with Crippen LogP contribution in [0.3, 0.4) is 0 Å².